The first-order valence-corrected chi connectivity index (χ1v) is 5.40. The molecular formula is C14H13ClN2. The smallest absolute Gasteiger partial charge is 0.247 e. The second-order valence-corrected chi connectivity index (χ2v) is 3.95. The molecule has 0 saturated heterocycles. The van der Waals surface area contributed by atoms with Gasteiger partial charge >= 0.3 is 0 Å². The number of para-hydroxylation sites is 2. The van der Waals surface area contributed by atoms with Gasteiger partial charge in [-0.15, -0.1) is 0 Å². The molecule has 3 aromatic rings. The van der Waals surface area contributed by atoms with E-state index in [-0.39, 0.29) is 12.4 Å². The predicted octanol–water partition coefficient (Wildman–Crippen LogP) is -0.243. The Bertz CT molecular complexity index is 629. The zero-order valence-electron chi connectivity index (χ0n) is 9.52. The average Bonchev–Trinajstić information content (AvgIpc) is 2.75. The minimum Gasteiger partial charge on any atom is -1.00 e. The summed E-state index contributed by atoms with van der Waals surface area (Å²) in [6.45, 7) is 2.12. The molecule has 0 amide bonds. The largest absolute Gasteiger partial charge is 1.00 e. The van der Waals surface area contributed by atoms with Crippen molar-refractivity contribution in [2.24, 2.45) is 0 Å². The lowest BCUT2D eigenvalue weighted by atomic mass is 10.2. The number of aromatic amines is 1. The zero-order valence-corrected chi connectivity index (χ0v) is 10.3. The highest BCUT2D eigenvalue weighted by atomic mass is 35.5. The van der Waals surface area contributed by atoms with Gasteiger partial charge in [0.2, 0.25) is 6.33 Å². The van der Waals surface area contributed by atoms with Gasteiger partial charge in [-0.25, -0.2) is 4.98 Å². The summed E-state index contributed by atoms with van der Waals surface area (Å²) >= 11 is 0. The number of aromatic nitrogens is 2. The van der Waals surface area contributed by atoms with Gasteiger partial charge < -0.3 is 12.4 Å². The molecule has 3 rings (SSSR count). The first-order chi connectivity index (χ1) is 7.86. The van der Waals surface area contributed by atoms with E-state index in [1.807, 2.05) is 12.4 Å². The lowest BCUT2D eigenvalue weighted by Crippen LogP contribution is -3.00. The highest BCUT2D eigenvalue weighted by Crippen LogP contribution is 2.13. The Morgan fingerprint density at radius 1 is 0.941 bits per heavy atom. The Balaban J connectivity index is 0.00000108. The van der Waals surface area contributed by atoms with E-state index in [1.54, 1.807) is 0 Å². The monoisotopic (exact) mass is 244 g/mol. The molecule has 1 N–H and O–H groups in total. The van der Waals surface area contributed by atoms with Crippen LogP contribution in [0.2, 0.25) is 0 Å². The number of fused-ring (bicyclic) bond motifs is 1. The quantitative estimate of drug-likeness (QED) is 0.570. The Morgan fingerprint density at radius 2 is 1.71 bits per heavy atom. The third-order valence-electron chi connectivity index (χ3n) is 2.88. The molecule has 0 aliphatic rings. The number of halogens is 1. The van der Waals surface area contributed by atoms with Crippen LogP contribution in [0.3, 0.4) is 0 Å². The van der Waals surface area contributed by atoms with Crippen LogP contribution in [0.25, 0.3) is 16.7 Å². The number of imidazole rings is 1. The van der Waals surface area contributed by atoms with Crippen LogP contribution in [0.4, 0.5) is 0 Å². The summed E-state index contributed by atoms with van der Waals surface area (Å²) in [5.41, 5.74) is 4.86. The molecule has 17 heavy (non-hydrogen) atoms. The van der Waals surface area contributed by atoms with E-state index < -0.39 is 0 Å². The number of hydrogen-bond donors (Lipinski definition) is 1. The van der Waals surface area contributed by atoms with Crippen molar-refractivity contribution in [3.8, 4) is 5.69 Å². The number of rotatable bonds is 1. The Morgan fingerprint density at radius 3 is 2.47 bits per heavy atom. The first-order valence-electron chi connectivity index (χ1n) is 5.40. The second-order valence-electron chi connectivity index (χ2n) is 3.95. The fourth-order valence-electron chi connectivity index (χ4n) is 2.04. The maximum Gasteiger partial charge on any atom is 0.247 e. The van der Waals surface area contributed by atoms with Crippen molar-refractivity contribution in [2.45, 2.75) is 6.92 Å². The summed E-state index contributed by atoms with van der Waals surface area (Å²) < 4.78 is 2.17. The summed E-state index contributed by atoms with van der Waals surface area (Å²) in [7, 11) is 0. The lowest BCUT2D eigenvalue weighted by Gasteiger charge is -1.96. The molecular weight excluding hydrogens is 232 g/mol. The van der Waals surface area contributed by atoms with Gasteiger partial charge in [0, 0.05) is 5.56 Å². The van der Waals surface area contributed by atoms with Crippen LogP contribution in [0, 0.1) is 6.92 Å². The minimum absolute atomic E-state index is 0. The van der Waals surface area contributed by atoms with Gasteiger partial charge in [0.05, 0.1) is 0 Å². The van der Waals surface area contributed by atoms with E-state index in [0.717, 1.165) is 0 Å². The summed E-state index contributed by atoms with van der Waals surface area (Å²) in [5.74, 6) is 0. The molecule has 1 aromatic heterocycles. The normalized spacial score (nSPS) is 10.2. The van der Waals surface area contributed by atoms with Crippen LogP contribution >= 0.6 is 0 Å². The molecule has 0 bridgehead atoms. The molecule has 3 heteroatoms. The van der Waals surface area contributed by atoms with Crippen LogP contribution in [0.15, 0.2) is 54.9 Å². The van der Waals surface area contributed by atoms with Crippen molar-refractivity contribution in [3.63, 3.8) is 0 Å². The molecule has 0 fully saturated rings. The maximum absolute atomic E-state index is 3.32. The minimum atomic E-state index is 0. The van der Waals surface area contributed by atoms with Crippen LogP contribution in [0.1, 0.15) is 5.56 Å². The van der Waals surface area contributed by atoms with Gasteiger partial charge in [0.15, 0.2) is 11.0 Å². The van der Waals surface area contributed by atoms with Crippen LogP contribution in [-0.2, 0) is 0 Å². The SMILES string of the molecule is Cc1cccc2c1[nH]c[n+]2-c1ccccc1.[Cl-]. The molecule has 1 heterocycles. The molecule has 2 nitrogen and oxygen atoms in total. The average molecular weight is 245 g/mol. The summed E-state index contributed by atoms with van der Waals surface area (Å²) in [6.07, 6.45) is 2.01. The summed E-state index contributed by atoms with van der Waals surface area (Å²) in [6, 6.07) is 16.7. The van der Waals surface area contributed by atoms with Crippen molar-refractivity contribution in [1.29, 1.82) is 0 Å². The topological polar surface area (TPSA) is 19.7 Å². The number of benzene rings is 2. The predicted molar refractivity (Wildman–Crippen MR) is 64.6 cm³/mol. The molecule has 0 saturated carbocycles. The van der Waals surface area contributed by atoms with Crippen molar-refractivity contribution in [3.05, 3.63) is 60.4 Å². The molecule has 2 aromatic carbocycles. The summed E-state index contributed by atoms with van der Waals surface area (Å²) in [4.78, 5) is 3.32. The summed E-state index contributed by atoms with van der Waals surface area (Å²) in [5, 5.41) is 0. The second kappa shape index (κ2) is 4.60. The van der Waals surface area contributed by atoms with E-state index in [2.05, 4.69) is 58.9 Å². The van der Waals surface area contributed by atoms with Crippen LogP contribution in [0.5, 0.6) is 0 Å². The molecule has 0 radical (unpaired) electrons. The van der Waals surface area contributed by atoms with E-state index in [4.69, 9.17) is 0 Å². The number of aryl methyl sites for hydroxylation is 1. The molecule has 0 atom stereocenters. The van der Waals surface area contributed by atoms with Gasteiger partial charge in [-0.2, -0.15) is 4.57 Å². The van der Waals surface area contributed by atoms with Gasteiger partial charge in [-0.1, -0.05) is 30.3 Å². The maximum atomic E-state index is 3.32. The van der Waals surface area contributed by atoms with Crippen molar-refractivity contribution < 1.29 is 17.0 Å². The third-order valence-corrected chi connectivity index (χ3v) is 2.88. The molecule has 0 spiro atoms. The third kappa shape index (κ3) is 1.92. The van der Waals surface area contributed by atoms with Gasteiger partial charge in [-0.05, 0) is 25.1 Å². The van der Waals surface area contributed by atoms with Crippen molar-refractivity contribution in [1.82, 2.24) is 4.98 Å². The first kappa shape index (κ1) is 11.7. The highest BCUT2D eigenvalue weighted by molar-refractivity contribution is 5.75. The molecule has 0 aliphatic carbocycles. The highest BCUT2D eigenvalue weighted by Gasteiger charge is 2.12. The molecule has 0 aliphatic heterocycles. The van der Waals surface area contributed by atoms with E-state index in [1.165, 1.54) is 22.3 Å². The van der Waals surface area contributed by atoms with Gasteiger partial charge in [0.1, 0.15) is 5.69 Å². The van der Waals surface area contributed by atoms with Gasteiger partial charge in [0.25, 0.3) is 0 Å². The van der Waals surface area contributed by atoms with E-state index >= 15 is 0 Å². The number of nitrogens with zero attached hydrogens (tertiary/aromatic N) is 1. The van der Waals surface area contributed by atoms with Gasteiger partial charge in [-0.3, -0.25) is 0 Å². The lowest BCUT2D eigenvalue weighted by molar-refractivity contribution is -0.567. The van der Waals surface area contributed by atoms with Crippen molar-refractivity contribution in [2.75, 3.05) is 0 Å². The number of nitrogens with one attached hydrogen (secondary N) is 1. The van der Waals surface area contributed by atoms with Crippen molar-refractivity contribution >= 4 is 11.0 Å². The number of H-pyrrole nitrogens is 1. The van der Waals surface area contributed by atoms with E-state index in [9.17, 15) is 0 Å². The Kier molecular flexibility index (Phi) is 3.16. The Labute approximate surface area is 106 Å². The number of hydrogen-bond acceptors (Lipinski definition) is 0. The van der Waals surface area contributed by atoms with Crippen LogP contribution in [-0.4, -0.2) is 4.98 Å². The zero-order chi connectivity index (χ0) is 11.0. The van der Waals surface area contributed by atoms with E-state index in [0.29, 0.717) is 0 Å². The Hall–Kier alpha value is -1.80. The standard InChI is InChI=1S/C14H12N2.ClH/c1-11-6-5-9-13-14(11)15-10-16(13)12-7-3-2-4-8-12;/h2-10H,1H3;1H. The molecule has 86 valence electrons. The fraction of sp³-hybridized carbons (Fsp3) is 0.0714. The fourth-order valence-corrected chi connectivity index (χ4v) is 2.04. The van der Waals surface area contributed by atoms with Crippen LogP contribution < -0.4 is 17.0 Å². The molecule has 0 unspecified atom stereocenters.